The standard InChI is InChI=1S/C11H14F2N2O5S/c1-8-9(15(17)18)3-2-4-10(8)21(19,20)14(5-6-16)7-11(12)13/h2-4,11,16H,5-7H2,1H3. The molecule has 0 atom stereocenters. The fourth-order valence-electron chi connectivity index (χ4n) is 1.79. The van der Waals surface area contributed by atoms with Crippen molar-refractivity contribution in [3.8, 4) is 0 Å². The number of nitrogens with zero attached hydrogens (tertiary/aromatic N) is 2. The largest absolute Gasteiger partial charge is 0.395 e. The smallest absolute Gasteiger partial charge is 0.273 e. The van der Waals surface area contributed by atoms with Crippen molar-refractivity contribution in [2.75, 3.05) is 19.7 Å². The lowest BCUT2D eigenvalue weighted by molar-refractivity contribution is -0.385. The maximum Gasteiger partial charge on any atom is 0.273 e. The Morgan fingerprint density at radius 3 is 2.52 bits per heavy atom. The Hall–Kier alpha value is -1.65. The number of rotatable bonds is 7. The Bertz CT molecular complexity index is 621. The third-order valence-corrected chi connectivity index (χ3v) is 4.77. The molecule has 1 N–H and O–H groups in total. The number of aliphatic hydroxyl groups excluding tert-OH is 1. The van der Waals surface area contributed by atoms with Crippen molar-refractivity contribution in [3.05, 3.63) is 33.9 Å². The van der Waals surface area contributed by atoms with Crippen LogP contribution in [0.2, 0.25) is 0 Å². The van der Waals surface area contributed by atoms with Crippen molar-refractivity contribution in [1.82, 2.24) is 4.31 Å². The van der Waals surface area contributed by atoms with E-state index < -0.39 is 51.7 Å². The first kappa shape index (κ1) is 17.4. The molecule has 0 bridgehead atoms. The molecular formula is C11H14F2N2O5S. The lowest BCUT2D eigenvalue weighted by Crippen LogP contribution is -2.37. The summed E-state index contributed by atoms with van der Waals surface area (Å²) in [5.74, 6) is 0. The summed E-state index contributed by atoms with van der Waals surface area (Å²) >= 11 is 0. The monoisotopic (exact) mass is 324 g/mol. The van der Waals surface area contributed by atoms with Gasteiger partial charge < -0.3 is 5.11 Å². The van der Waals surface area contributed by atoms with Crippen molar-refractivity contribution >= 4 is 15.7 Å². The number of benzene rings is 1. The first-order valence-electron chi connectivity index (χ1n) is 5.85. The van der Waals surface area contributed by atoms with Crippen LogP contribution in [0.25, 0.3) is 0 Å². The molecule has 10 heteroatoms. The van der Waals surface area contributed by atoms with Gasteiger partial charge >= 0.3 is 0 Å². The lowest BCUT2D eigenvalue weighted by atomic mass is 10.2. The van der Waals surface area contributed by atoms with Gasteiger partial charge in [0.15, 0.2) is 0 Å². The summed E-state index contributed by atoms with van der Waals surface area (Å²) in [6.07, 6.45) is -2.93. The van der Waals surface area contributed by atoms with Gasteiger partial charge in [-0.25, -0.2) is 17.2 Å². The van der Waals surface area contributed by atoms with Crippen molar-refractivity contribution < 1.29 is 27.2 Å². The summed E-state index contributed by atoms with van der Waals surface area (Å²) < 4.78 is 50.0. The Morgan fingerprint density at radius 2 is 2.05 bits per heavy atom. The van der Waals surface area contributed by atoms with Crippen LogP contribution in [0.4, 0.5) is 14.5 Å². The number of alkyl halides is 2. The minimum absolute atomic E-state index is 0.139. The molecule has 0 unspecified atom stereocenters. The molecule has 1 rings (SSSR count). The molecule has 0 heterocycles. The van der Waals surface area contributed by atoms with Gasteiger partial charge in [0.1, 0.15) is 0 Å². The highest BCUT2D eigenvalue weighted by atomic mass is 32.2. The van der Waals surface area contributed by atoms with Crippen LogP contribution in [0.3, 0.4) is 0 Å². The third kappa shape index (κ3) is 3.93. The fourth-order valence-corrected chi connectivity index (χ4v) is 3.45. The van der Waals surface area contributed by atoms with Crippen LogP contribution in [0.5, 0.6) is 0 Å². The molecule has 7 nitrogen and oxygen atoms in total. The number of hydrogen-bond acceptors (Lipinski definition) is 5. The van der Waals surface area contributed by atoms with Gasteiger partial charge in [-0.1, -0.05) is 6.07 Å². The lowest BCUT2D eigenvalue weighted by Gasteiger charge is -2.21. The second-order valence-corrected chi connectivity index (χ2v) is 6.04. The van der Waals surface area contributed by atoms with E-state index in [2.05, 4.69) is 0 Å². The molecule has 1 aromatic carbocycles. The van der Waals surface area contributed by atoms with Gasteiger partial charge in [-0.15, -0.1) is 0 Å². The number of halogens is 2. The van der Waals surface area contributed by atoms with Gasteiger partial charge in [-0.05, 0) is 13.0 Å². The maximum absolute atomic E-state index is 12.5. The van der Waals surface area contributed by atoms with Crippen LogP contribution in [-0.4, -0.2) is 48.9 Å². The molecular weight excluding hydrogens is 310 g/mol. The molecule has 0 saturated heterocycles. The van der Waals surface area contributed by atoms with E-state index in [1.165, 1.54) is 6.92 Å². The van der Waals surface area contributed by atoms with Crippen molar-refractivity contribution in [1.29, 1.82) is 0 Å². The van der Waals surface area contributed by atoms with Crippen LogP contribution < -0.4 is 0 Å². The summed E-state index contributed by atoms with van der Waals surface area (Å²) in [7, 11) is -4.36. The highest BCUT2D eigenvalue weighted by Crippen LogP contribution is 2.27. The second-order valence-electron chi connectivity index (χ2n) is 4.14. The summed E-state index contributed by atoms with van der Waals surface area (Å²) in [5.41, 5.74) is -0.559. The third-order valence-electron chi connectivity index (χ3n) is 2.76. The molecule has 0 fully saturated rings. The Balaban J connectivity index is 3.34. The minimum Gasteiger partial charge on any atom is -0.395 e. The number of nitro benzene ring substituents is 1. The van der Waals surface area contributed by atoms with Gasteiger partial charge in [-0.2, -0.15) is 4.31 Å². The summed E-state index contributed by atoms with van der Waals surface area (Å²) in [4.78, 5) is 9.63. The highest BCUT2D eigenvalue weighted by Gasteiger charge is 2.30. The minimum atomic E-state index is -4.36. The molecule has 0 amide bonds. The zero-order valence-corrected chi connectivity index (χ0v) is 11.9. The van der Waals surface area contributed by atoms with Gasteiger partial charge in [0, 0.05) is 18.2 Å². The second kappa shape index (κ2) is 6.87. The first-order valence-corrected chi connectivity index (χ1v) is 7.29. The molecule has 118 valence electrons. The highest BCUT2D eigenvalue weighted by molar-refractivity contribution is 7.89. The van der Waals surface area contributed by atoms with E-state index in [1.807, 2.05) is 0 Å². The SMILES string of the molecule is Cc1c([N+](=O)[O-])cccc1S(=O)(=O)N(CCO)CC(F)F. The van der Waals surface area contributed by atoms with Crippen LogP contribution >= 0.6 is 0 Å². The number of hydrogen-bond donors (Lipinski definition) is 1. The van der Waals surface area contributed by atoms with Gasteiger partial charge in [0.2, 0.25) is 10.0 Å². The van der Waals surface area contributed by atoms with E-state index in [-0.39, 0.29) is 5.56 Å². The Labute approximate surface area is 120 Å². The Morgan fingerprint density at radius 1 is 1.43 bits per heavy atom. The predicted octanol–water partition coefficient (Wildman–Crippen LogP) is 1.15. The van der Waals surface area contributed by atoms with Gasteiger partial charge in [0.25, 0.3) is 12.1 Å². The summed E-state index contributed by atoms with van der Waals surface area (Å²) in [5, 5.41) is 19.6. The van der Waals surface area contributed by atoms with Crippen molar-refractivity contribution in [3.63, 3.8) is 0 Å². The van der Waals surface area contributed by atoms with Crippen LogP contribution in [0.1, 0.15) is 5.56 Å². The van der Waals surface area contributed by atoms with Crippen LogP contribution in [0.15, 0.2) is 23.1 Å². The Kier molecular flexibility index (Phi) is 5.70. The van der Waals surface area contributed by atoms with E-state index in [0.717, 1.165) is 18.2 Å². The average molecular weight is 324 g/mol. The maximum atomic E-state index is 12.5. The molecule has 0 aromatic heterocycles. The van der Waals surface area contributed by atoms with E-state index in [9.17, 15) is 27.3 Å². The fraction of sp³-hybridized carbons (Fsp3) is 0.455. The molecule has 0 aliphatic carbocycles. The van der Waals surface area contributed by atoms with E-state index in [4.69, 9.17) is 5.11 Å². The number of aliphatic hydroxyl groups is 1. The van der Waals surface area contributed by atoms with E-state index >= 15 is 0 Å². The molecule has 0 radical (unpaired) electrons. The van der Waals surface area contributed by atoms with Crippen LogP contribution in [-0.2, 0) is 10.0 Å². The number of sulfonamides is 1. The van der Waals surface area contributed by atoms with E-state index in [0.29, 0.717) is 4.31 Å². The van der Waals surface area contributed by atoms with Gasteiger partial charge in [-0.3, -0.25) is 10.1 Å². The quantitative estimate of drug-likeness (QED) is 0.599. The summed E-state index contributed by atoms with van der Waals surface area (Å²) in [6.45, 7) is -1.02. The molecule has 21 heavy (non-hydrogen) atoms. The predicted molar refractivity (Wildman–Crippen MR) is 69.7 cm³/mol. The zero-order chi connectivity index (χ0) is 16.2. The zero-order valence-electron chi connectivity index (χ0n) is 11.1. The van der Waals surface area contributed by atoms with E-state index in [1.54, 1.807) is 0 Å². The number of nitro groups is 1. The normalized spacial score (nSPS) is 12.1. The summed E-state index contributed by atoms with van der Waals surface area (Å²) in [6, 6.07) is 3.39. The van der Waals surface area contributed by atoms with Crippen molar-refractivity contribution in [2.45, 2.75) is 18.2 Å². The average Bonchev–Trinajstić information content (AvgIpc) is 2.37. The first-order chi connectivity index (χ1) is 9.71. The molecule has 1 aromatic rings. The van der Waals surface area contributed by atoms with Crippen molar-refractivity contribution in [2.24, 2.45) is 0 Å². The molecule has 0 aliphatic heterocycles. The molecule has 0 spiro atoms. The molecule has 0 aliphatic rings. The van der Waals surface area contributed by atoms with Crippen LogP contribution in [0, 0.1) is 17.0 Å². The van der Waals surface area contributed by atoms with Gasteiger partial charge in [0.05, 0.1) is 23.0 Å². The topological polar surface area (TPSA) is 101 Å². The molecule has 0 saturated carbocycles.